The van der Waals surface area contributed by atoms with E-state index in [9.17, 15) is 18.4 Å². The zero-order valence-electron chi connectivity index (χ0n) is 12.9. The van der Waals surface area contributed by atoms with Crippen molar-refractivity contribution in [1.29, 1.82) is 5.26 Å². The second-order valence-electron chi connectivity index (χ2n) is 5.78. The fourth-order valence-electron chi connectivity index (χ4n) is 2.99. The molecule has 9 heteroatoms. The predicted molar refractivity (Wildman–Crippen MR) is 88.5 cm³/mol. The van der Waals surface area contributed by atoms with Crippen LogP contribution in [0.5, 0.6) is 0 Å². The van der Waals surface area contributed by atoms with E-state index in [0.717, 1.165) is 9.15 Å². The third-order valence-electron chi connectivity index (χ3n) is 4.19. The maximum atomic E-state index is 13.7. The van der Waals surface area contributed by atoms with Crippen molar-refractivity contribution >= 4 is 21.7 Å². The minimum atomic E-state index is -4.55. The van der Waals surface area contributed by atoms with Crippen molar-refractivity contribution in [2.24, 2.45) is 5.92 Å². The Balaban J connectivity index is 2.12. The molecule has 0 bridgehead atoms. The molecule has 0 amide bonds. The van der Waals surface area contributed by atoms with Crippen molar-refractivity contribution in [2.45, 2.75) is 18.6 Å². The largest absolute Gasteiger partial charge is 0.411 e. The molecule has 0 spiro atoms. The lowest BCUT2D eigenvalue weighted by atomic mass is 9.98. The molecule has 1 aromatic carbocycles. The normalized spacial score (nSPS) is 18.9. The number of nitrogens with zero attached hydrogens (tertiary/aromatic N) is 3. The number of benzene rings is 1. The summed E-state index contributed by atoms with van der Waals surface area (Å²) < 4.78 is 47.7. The van der Waals surface area contributed by atoms with Crippen LogP contribution in [0.3, 0.4) is 0 Å². The number of nitrogen functional groups attached to an aromatic ring is 1. The van der Waals surface area contributed by atoms with Crippen LogP contribution in [-0.2, 0) is 4.74 Å². The molecule has 2 unspecified atom stereocenters. The van der Waals surface area contributed by atoms with Gasteiger partial charge in [-0.1, -0.05) is 28.1 Å². The van der Waals surface area contributed by atoms with E-state index in [2.05, 4.69) is 21.0 Å². The van der Waals surface area contributed by atoms with E-state index in [1.54, 1.807) is 24.3 Å². The molecule has 3 rings (SSSR count). The van der Waals surface area contributed by atoms with E-state index in [0.29, 0.717) is 5.56 Å². The van der Waals surface area contributed by atoms with Crippen LogP contribution in [0.1, 0.15) is 18.0 Å². The molecule has 132 valence electrons. The number of ether oxygens (including phenoxy) is 1. The summed E-state index contributed by atoms with van der Waals surface area (Å²) in [6, 6.07) is 6.72. The van der Waals surface area contributed by atoms with Gasteiger partial charge in [-0.05, 0) is 18.6 Å². The quantitative estimate of drug-likeness (QED) is 0.825. The molecular formula is C16H14BrF3N4O. The molecule has 0 aliphatic carbocycles. The van der Waals surface area contributed by atoms with Crippen LogP contribution in [0.25, 0.3) is 11.3 Å². The third-order valence-corrected chi connectivity index (χ3v) is 4.72. The van der Waals surface area contributed by atoms with E-state index < -0.39 is 18.1 Å². The van der Waals surface area contributed by atoms with Gasteiger partial charge in [0.05, 0.1) is 6.61 Å². The van der Waals surface area contributed by atoms with Crippen molar-refractivity contribution in [3.8, 4) is 17.3 Å². The summed E-state index contributed by atoms with van der Waals surface area (Å²) in [5.41, 5.74) is 6.48. The highest BCUT2D eigenvalue weighted by Gasteiger charge is 2.49. The van der Waals surface area contributed by atoms with Crippen LogP contribution < -0.4 is 5.73 Å². The average Bonchev–Trinajstić information content (AvgIpc) is 3.16. The molecule has 0 radical (unpaired) electrons. The Hall–Kier alpha value is -2.05. The molecule has 5 nitrogen and oxygen atoms in total. The Morgan fingerprint density at radius 2 is 2.04 bits per heavy atom. The SMILES string of the molecule is N#Cc1c(-c2ccc(Br)cc2)nn(C(C2CCOC2)C(F)(F)F)c1N. The molecule has 0 saturated carbocycles. The number of nitrogens with two attached hydrogens (primary N) is 1. The maximum Gasteiger partial charge on any atom is 0.411 e. The number of anilines is 1. The third kappa shape index (κ3) is 3.37. The molecule has 2 aromatic rings. The van der Waals surface area contributed by atoms with Gasteiger partial charge in [-0.2, -0.15) is 23.5 Å². The van der Waals surface area contributed by atoms with Crippen molar-refractivity contribution < 1.29 is 17.9 Å². The number of rotatable bonds is 3. The summed E-state index contributed by atoms with van der Waals surface area (Å²) in [5, 5.41) is 13.5. The van der Waals surface area contributed by atoms with Gasteiger partial charge in [0.15, 0.2) is 6.04 Å². The monoisotopic (exact) mass is 414 g/mol. The van der Waals surface area contributed by atoms with Gasteiger partial charge in [0, 0.05) is 22.6 Å². The number of nitriles is 1. The first kappa shape index (κ1) is 17.8. The summed E-state index contributed by atoms with van der Waals surface area (Å²) >= 11 is 3.29. The smallest absolute Gasteiger partial charge is 0.383 e. The highest BCUT2D eigenvalue weighted by atomic mass is 79.9. The molecule has 2 heterocycles. The van der Waals surface area contributed by atoms with Crippen LogP contribution in [0.2, 0.25) is 0 Å². The predicted octanol–water partition coefficient (Wildman–Crippen LogP) is 3.91. The minimum Gasteiger partial charge on any atom is -0.383 e. The molecule has 1 aliphatic heterocycles. The van der Waals surface area contributed by atoms with Gasteiger partial charge in [-0.15, -0.1) is 0 Å². The molecule has 1 saturated heterocycles. The summed E-state index contributed by atoms with van der Waals surface area (Å²) in [5.74, 6) is -1.07. The molecule has 1 aliphatic rings. The average molecular weight is 415 g/mol. The van der Waals surface area contributed by atoms with Crippen LogP contribution >= 0.6 is 15.9 Å². The lowest BCUT2D eigenvalue weighted by molar-refractivity contribution is -0.183. The summed E-state index contributed by atoms with van der Waals surface area (Å²) in [6.45, 7) is 0.252. The number of alkyl halides is 3. The molecule has 2 atom stereocenters. The first-order chi connectivity index (χ1) is 11.8. The lowest BCUT2D eigenvalue weighted by Gasteiger charge is -2.26. The van der Waals surface area contributed by atoms with Gasteiger partial charge in [-0.25, -0.2) is 4.68 Å². The molecular weight excluding hydrogens is 401 g/mol. The van der Waals surface area contributed by atoms with Crippen molar-refractivity contribution in [3.05, 3.63) is 34.3 Å². The second kappa shape index (κ2) is 6.69. The van der Waals surface area contributed by atoms with Gasteiger partial charge in [0.2, 0.25) is 0 Å². The lowest BCUT2D eigenvalue weighted by Crippen LogP contribution is -2.35. The van der Waals surface area contributed by atoms with E-state index in [4.69, 9.17) is 10.5 Å². The zero-order chi connectivity index (χ0) is 18.2. The standard InChI is InChI=1S/C16H14BrF3N4O/c17-11-3-1-9(2-4-11)13-12(7-21)15(22)24(23-13)14(16(18,19)20)10-5-6-25-8-10/h1-4,10,14H,5-6,8,22H2. The van der Waals surface area contributed by atoms with Gasteiger partial charge in [0.25, 0.3) is 0 Å². The zero-order valence-corrected chi connectivity index (χ0v) is 14.5. The second-order valence-corrected chi connectivity index (χ2v) is 6.70. The Morgan fingerprint density at radius 1 is 1.36 bits per heavy atom. The van der Waals surface area contributed by atoms with E-state index in [-0.39, 0.29) is 36.7 Å². The fraction of sp³-hybridized carbons (Fsp3) is 0.375. The minimum absolute atomic E-state index is 0.0149. The number of halogens is 4. The fourth-order valence-corrected chi connectivity index (χ4v) is 3.25. The topological polar surface area (TPSA) is 76.9 Å². The Kier molecular flexibility index (Phi) is 4.75. The highest BCUT2D eigenvalue weighted by molar-refractivity contribution is 9.10. The van der Waals surface area contributed by atoms with Crippen molar-refractivity contribution in [3.63, 3.8) is 0 Å². The maximum absolute atomic E-state index is 13.7. The van der Waals surface area contributed by atoms with E-state index >= 15 is 0 Å². The summed E-state index contributed by atoms with van der Waals surface area (Å²) in [4.78, 5) is 0. The first-order valence-corrected chi connectivity index (χ1v) is 8.30. The van der Waals surface area contributed by atoms with Gasteiger partial charge in [-0.3, -0.25) is 0 Å². The van der Waals surface area contributed by atoms with Crippen molar-refractivity contribution in [1.82, 2.24) is 9.78 Å². The highest BCUT2D eigenvalue weighted by Crippen LogP contribution is 2.42. The first-order valence-electron chi connectivity index (χ1n) is 7.51. The summed E-state index contributed by atoms with van der Waals surface area (Å²) in [6.07, 6.45) is -4.29. The van der Waals surface area contributed by atoms with Gasteiger partial charge >= 0.3 is 6.18 Å². The Morgan fingerprint density at radius 3 is 2.56 bits per heavy atom. The van der Waals surface area contributed by atoms with Crippen LogP contribution in [0.15, 0.2) is 28.7 Å². The Labute approximate surface area is 150 Å². The van der Waals surface area contributed by atoms with Crippen LogP contribution in [-0.4, -0.2) is 29.2 Å². The van der Waals surface area contributed by atoms with Gasteiger partial charge in [0.1, 0.15) is 23.1 Å². The van der Waals surface area contributed by atoms with E-state index in [1.807, 2.05) is 6.07 Å². The van der Waals surface area contributed by atoms with Gasteiger partial charge < -0.3 is 10.5 Å². The molecule has 1 fully saturated rings. The Bertz CT molecular complexity index is 805. The molecule has 2 N–H and O–H groups in total. The molecule has 25 heavy (non-hydrogen) atoms. The van der Waals surface area contributed by atoms with Crippen LogP contribution in [0, 0.1) is 17.2 Å². The molecule has 1 aromatic heterocycles. The number of hydrogen-bond donors (Lipinski definition) is 1. The number of hydrogen-bond acceptors (Lipinski definition) is 4. The van der Waals surface area contributed by atoms with E-state index in [1.165, 1.54) is 0 Å². The van der Waals surface area contributed by atoms with Crippen molar-refractivity contribution in [2.75, 3.05) is 18.9 Å². The number of aromatic nitrogens is 2. The van der Waals surface area contributed by atoms with Crippen LogP contribution in [0.4, 0.5) is 19.0 Å². The summed E-state index contributed by atoms with van der Waals surface area (Å²) in [7, 11) is 0.